The lowest BCUT2D eigenvalue weighted by atomic mass is 10.1. The van der Waals surface area contributed by atoms with E-state index < -0.39 is 0 Å². The molecule has 0 atom stereocenters. The van der Waals surface area contributed by atoms with Crippen molar-refractivity contribution in [1.82, 2.24) is 5.32 Å². The van der Waals surface area contributed by atoms with Gasteiger partial charge in [0, 0.05) is 25.3 Å². The van der Waals surface area contributed by atoms with Gasteiger partial charge in [0.05, 0.1) is 13.2 Å². The van der Waals surface area contributed by atoms with Crippen LogP contribution in [0.3, 0.4) is 0 Å². The van der Waals surface area contributed by atoms with E-state index >= 15 is 0 Å². The number of rotatable bonds is 4. The standard InChI is InChI=1S/C18H25N3O.HI/c1-2-19-18(20-11-7-15-9-13-22-14-10-15)21-12-8-16-5-3-4-6-17(16)21;/h3-6,9H,2,7-8,10-14H2,1H3,(H,19,20);1H. The Balaban J connectivity index is 0.00000192. The molecule has 0 bridgehead atoms. The number of hydrogen-bond donors (Lipinski definition) is 1. The predicted molar refractivity (Wildman–Crippen MR) is 107 cm³/mol. The summed E-state index contributed by atoms with van der Waals surface area (Å²) >= 11 is 0. The molecule has 0 radical (unpaired) electrons. The number of anilines is 1. The van der Waals surface area contributed by atoms with Gasteiger partial charge >= 0.3 is 0 Å². The van der Waals surface area contributed by atoms with Crippen LogP contribution in [-0.4, -0.2) is 38.8 Å². The van der Waals surface area contributed by atoms with Crippen molar-refractivity contribution in [1.29, 1.82) is 0 Å². The second-order valence-electron chi connectivity index (χ2n) is 5.70. The Morgan fingerprint density at radius 3 is 2.96 bits per heavy atom. The molecule has 0 spiro atoms. The molecule has 0 fully saturated rings. The van der Waals surface area contributed by atoms with Gasteiger partial charge in [0.25, 0.3) is 0 Å². The SMILES string of the molecule is CCNC(=NCCC1=CCOCC1)N1CCc2ccccc21.I. The molecular weight excluding hydrogens is 401 g/mol. The van der Waals surface area contributed by atoms with E-state index in [1.165, 1.54) is 16.8 Å². The highest BCUT2D eigenvalue weighted by atomic mass is 127. The fourth-order valence-electron chi connectivity index (χ4n) is 3.05. The first-order valence-corrected chi connectivity index (χ1v) is 8.28. The van der Waals surface area contributed by atoms with E-state index in [0.717, 1.165) is 58.1 Å². The fourth-order valence-corrected chi connectivity index (χ4v) is 3.05. The molecular formula is C18H26IN3O. The van der Waals surface area contributed by atoms with Gasteiger partial charge in [-0.25, -0.2) is 0 Å². The van der Waals surface area contributed by atoms with Crippen LogP contribution in [0.1, 0.15) is 25.3 Å². The molecule has 1 aromatic carbocycles. The van der Waals surface area contributed by atoms with Crippen molar-refractivity contribution in [3.8, 4) is 0 Å². The lowest BCUT2D eigenvalue weighted by Gasteiger charge is -2.22. The van der Waals surface area contributed by atoms with E-state index in [2.05, 4.69) is 47.5 Å². The molecule has 2 aliphatic heterocycles. The van der Waals surface area contributed by atoms with E-state index in [-0.39, 0.29) is 24.0 Å². The van der Waals surface area contributed by atoms with Crippen LogP contribution in [0.15, 0.2) is 40.9 Å². The van der Waals surface area contributed by atoms with Crippen molar-refractivity contribution in [2.24, 2.45) is 4.99 Å². The van der Waals surface area contributed by atoms with Gasteiger partial charge in [-0.3, -0.25) is 4.99 Å². The molecule has 1 aromatic rings. The number of para-hydroxylation sites is 1. The van der Waals surface area contributed by atoms with Gasteiger partial charge in [-0.1, -0.05) is 29.8 Å². The minimum atomic E-state index is 0. The van der Waals surface area contributed by atoms with Crippen LogP contribution in [-0.2, 0) is 11.2 Å². The average molecular weight is 427 g/mol. The molecule has 126 valence electrons. The summed E-state index contributed by atoms with van der Waals surface area (Å²) in [6.07, 6.45) is 5.40. The third-order valence-electron chi connectivity index (χ3n) is 4.23. The first kappa shape index (κ1) is 18.3. The normalized spacial score (nSPS) is 17.3. The minimum Gasteiger partial charge on any atom is -0.377 e. The van der Waals surface area contributed by atoms with Gasteiger partial charge in [-0.15, -0.1) is 24.0 Å². The van der Waals surface area contributed by atoms with Gasteiger partial charge in [0.1, 0.15) is 0 Å². The van der Waals surface area contributed by atoms with Crippen molar-refractivity contribution in [2.75, 3.05) is 37.7 Å². The number of hydrogen-bond acceptors (Lipinski definition) is 2. The molecule has 0 saturated carbocycles. The van der Waals surface area contributed by atoms with Crippen LogP contribution in [0, 0.1) is 0 Å². The van der Waals surface area contributed by atoms with Crippen molar-refractivity contribution >= 4 is 35.6 Å². The van der Waals surface area contributed by atoms with E-state index in [0.29, 0.717) is 0 Å². The van der Waals surface area contributed by atoms with Crippen molar-refractivity contribution in [2.45, 2.75) is 26.2 Å². The first-order chi connectivity index (χ1) is 10.9. The molecule has 0 saturated heterocycles. The number of guanidine groups is 1. The van der Waals surface area contributed by atoms with Crippen LogP contribution in [0.5, 0.6) is 0 Å². The highest BCUT2D eigenvalue weighted by molar-refractivity contribution is 14.0. The molecule has 0 aromatic heterocycles. The number of benzene rings is 1. The Hall–Kier alpha value is -1.08. The fraction of sp³-hybridized carbons (Fsp3) is 0.500. The summed E-state index contributed by atoms with van der Waals surface area (Å²) in [5, 5.41) is 3.43. The molecule has 0 aliphatic carbocycles. The van der Waals surface area contributed by atoms with Gasteiger partial charge in [0.2, 0.25) is 0 Å². The summed E-state index contributed by atoms with van der Waals surface area (Å²) in [6, 6.07) is 8.62. The molecule has 1 N–H and O–H groups in total. The molecule has 5 heteroatoms. The highest BCUT2D eigenvalue weighted by Crippen LogP contribution is 2.27. The molecule has 4 nitrogen and oxygen atoms in total. The van der Waals surface area contributed by atoms with E-state index in [9.17, 15) is 0 Å². The summed E-state index contributed by atoms with van der Waals surface area (Å²) in [4.78, 5) is 7.15. The quantitative estimate of drug-likeness (QED) is 0.347. The van der Waals surface area contributed by atoms with Crippen LogP contribution in [0.4, 0.5) is 5.69 Å². The summed E-state index contributed by atoms with van der Waals surface area (Å²) in [5.41, 5.74) is 4.19. The smallest absolute Gasteiger partial charge is 0.198 e. The Labute approximate surface area is 156 Å². The maximum absolute atomic E-state index is 5.35. The van der Waals surface area contributed by atoms with Crippen molar-refractivity contribution < 1.29 is 4.74 Å². The van der Waals surface area contributed by atoms with Crippen molar-refractivity contribution in [3.05, 3.63) is 41.5 Å². The van der Waals surface area contributed by atoms with Gasteiger partial charge in [0.15, 0.2) is 5.96 Å². The van der Waals surface area contributed by atoms with Crippen LogP contribution in [0.2, 0.25) is 0 Å². The number of ether oxygens (including phenoxy) is 1. The Bertz CT molecular complexity index is 571. The monoisotopic (exact) mass is 427 g/mol. The number of aliphatic imine (C=N–C) groups is 1. The van der Waals surface area contributed by atoms with Crippen LogP contribution in [0.25, 0.3) is 0 Å². The topological polar surface area (TPSA) is 36.9 Å². The van der Waals surface area contributed by atoms with E-state index in [1.807, 2.05) is 0 Å². The Morgan fingerprint density at radius 2 is 2.17 bits per heavy atom. The Kier molecular flexibility index (Phi) is 7.36. The summed E-state index contributed by atoms with van der Waals surface area (Å²) in [5.74, 6) is 1.01. The molecule has 3 rings (SSSR count). The third kappa shape index (κ3) is 4.70. The van der Waals surface area contributed by atoms with E-state index in [1.54, 1.807) is 0 Å². The van der Waals surface area contributed by atoms with Crippen molar-refractivity contribution in [3.63, 3.8) is 0 Å². The number of halogens is 1. The second kappa shape index (κ2) is 9.27. The molecule has 0 amide bonds. The zero-order valence-electron chi connectivity index (χ0n) is 13.8. The lowest BCUT2D eigenvalue weighted by molar-refractivity contribution is 0.153. The maximum atomic E-state index is 5.35. The lowest BCUT2D eigenvalue weighted by Crippen LogP contribution is -2.40. The first-order valence-electron chi connectivity index (χ1n) is 8.28. The second-order valence-corrected chi connectivity index (χ2v) is 5.70. The largest absolute Gasteiger partial charge is 0.377 e. The molecule has 2 aliphatic rings. The average Bonchev–Trinajstić information content (AvgIpc) is 2.99. The number of fused-ring (bicyclic) bond motifs is 1. The third-order valence-corrected chi connectivity index (χ3v) is 4.23. The molecule has 0 unspecified atom stereocenters. The highest BCUT2D eigenvalue weighted by Gasteiger charge is 2.22. The molecule has 2 heterocycles. The molecule has 23 heavy (non-hydrogen) atoms. The summed E-state index contributed by atoms with van der Waals surface area (Å²) in [6.45, 7) is 6.49. The van der Waals surface area contributed by atoms with E-state index in [4.69, 9.17) is 9.73 Å². The zero-order chi connectivity index (χ0) is 15.2. The summed E-state index contributed by atoms with van der Waals surface area (Å²) in [7, 11) is 0. The number of nitrogens with zero attached hydrogens (tertiary/aromatic N) is 2. The van der Waals surface area contributed by atoms with Crippen LogP contribution >= 0.6 is 24.0 Å². The predicted octanol–water partition coefficient (Wildman–Crippen LogP) is 3.37. The maximum Gasteiger partial charge on any atom is 0.198 e. The number of nitrogens with one attached hydrogen (secondary N) is 1. The van der Waals surface area contributed by atoms with Gasteiger partial charge in [-0.2, -0.15) is 0 Å². The Morgan fingerprint density at radius 1 is 1.30 bits per heavy atom. The zero-order valence-corrected chi connectivity index (χ0v) is 16.1. The van der Waals surface area contributed by atoms with Gasteiger partial charge < -0.3 is 15.0 Å². The van der Waals surface area contributed by atoms with Gasteiger partial charge in [-0.05, 0) is 37.8 Å². The minimum absolute atomic E-state index is 0. The van der Waals surface area contributed by atoms with Crippen LogP contribution < -0.4 is 10.2 Å². The summed E-state index contributed by atoms with van der Waals surface area (Å²) < 4.78 is 5.35.